The number of nitrogens with two attached hydrogens (primary N) is 1. The Balaban J connectivity index is 3.19. The summed E-state index contributed by atoms with van der Waals surface area (Å²) in [5.41, 5.74) is 5.26. The van der Waals surface area contributed by atoms with Gasteiger partial charge in [-0.1, -0.05) is 6.08 Å². The number of aliphatic carboxylic acids is 1. The summed E-state index contributed by atoms with van der Waals surface area (Å²) >= 11 is 0. The first-order valence-corrected chi connectivity index (χ1v) is 3.85. The van der Waals surface area contributed by atoms with E-state index < -0.39 is 12.0 Å². The predicted octanol–water partition coefficient (Wildman–Crippen LogP) is 0.381. The van der Waals surface area contributed by atoms with E-state index in [9.17, 15) is 4.79 Å². The van der Waals surface area contributed by atoms with E-state index in [0.717, 1.165) is 0 Å². The van der Waals surface area contributed by atoms with Gasteiger partial charge in [-0.2, -0.15) is 0 Å². The zero-order valence-electron chi connectivity index (χ0n) is 7.03. The lowest BCUT2D eigenvalue weighted by atomic mass is 10.2. The summed E-state index contributed by atoms with van der Waals surface area (Å²) in [4.78, 5) is 10.2. The van der Waals surface area contributed by atoms with E-state index in [-0.39, 0.29) is 0 Å². The van der Waals surface area contributed by atoms with Gasteiger partial charge in [0.2, 0.25) is 0 Å². The smallest absolute Gasteiger partial charge is 0.320 e. The highest BCUT2D eigenvalue weighted by Gasteiger charge is 2.09. The number of carboxylic acids is 1. The summed E-state index contributed by atoms with van der Waals surface area (Å²) in [5, 5.41) is 8.40. The summed E-state index contributed by atoms with van der Waals surface area (Å²) in [7, 11) is 0. The Hall–Kier alpha value is -0.870. The molecule has 0 aromatic rings. The van der Waals surface area contributed by atoms with Crippen LogP contribution in [0.2, 0.25) is 0 Å². The number of ether oxygens (including phenoxy) is 1. The highest BCUT2D eigenvalue weighted by molar-refractivity contribution is 5.72. The van der Waals surface area contributed by atoms with Crippen LogP contribution in [-0.2, 0) is 9.53 Å². The van der Waals surface area contributed by atoms with Crippen LogP contribution in [0.5, 0.6) is 0 Å². The molecule has 0 amide bonds. The van der Waals surface area contributed by atoms with Crippen LogP contribution in [0, 0.1) is 0 Å². The normalized spacial score (nSPS) is 12.4. The molecule has 4 heteroatoms. The Bertz CT molecular complexity index is 147. The van der Waals surface area contributed by atoms with Gasteiger partial charge in [-0.15, -0.1) is 6.58 Å². The third-order valence-corrected chi connectivity index (χ3v) is 1.36. The van der Waals surface area contributed by atoms with Gasteiger partial charge in [-0.3, -0.25) is 4.79 Å². The lowest BCUT2D eigenvalue weighted by molar-refractivity contribution is -0.138. The van der Waals surface area contributed by atoms with Crippen molar-refractivity contribution in [2.24, 2.45) is 5.73 Å². The number of hydrogen-bond donors (Lipinski definition) is 2. The average molecular weight is 173 g/mol. The maximum Gasteiger partial charge on any atom is 0.320 e. The molecule has 0 aliphatic carbocycles. The molecule has 0 spiro atoms. The quantitative estimate of drug-likeness (QED) is 0.431. The second-order valence-electron chi connectivity index (χ2n) is 2.45. The van der Waals surface area contributed by atoms with Crippen LogP contribution in [0.3, 0.4) is 0 Å². The van der Waals surface area contributed by atoms with Gasteiger partial charge in [-0.05, 0) is 12.8 Å². The number of carboxylic acid groups (broad SMARTS) is 1. The molecule has 0 aromatic carbocycles. The molecule has 1 atom stereocenters. The van der Waals surface area contributed by atoms with E-state index in [1.54, 1.807) is 6.08 Å². The van der Waals surface area contributed by atoms with Gasteiger partial charge in [0.1, 0.15) is 6.04 Å². The van der Waals surface area contributed by atoms with Crippen LogP contribution in [0.4, 0.5) is 0 Å². The minimum atomic E-state index is -0.960. The maximum atomic E-state index is 10.2. The van der Waals surface area contributed by atoms with Gasteiger partial charge >= 0.3 is 5.97 Å². The van der Waals surface area contributed by atoms with Crippen molar-refractivity contribution in [3.05, 3.63) is 12.7 Å². The van der Waals surface area contributed by atoms with E-state index in [1.807, 2.05) is 0 Å². The van der Waals surface area contributed by atoms with Crippen LogP contribution in [0.1, 0.15) is 12.8 Å². The summed E-state index contributed by atoms with van der Waals surface area (Å²) < 4.78 is 5.05. The van der Waals surface area contributed by atoms with E-state index in [4.69, 9.17) is 15.6 Å². The van der Waals surface area contributed by atoms with Crippen molar-refractivity contribution in [1.82, 2.24) is 0 Å². The maximum absolute atomic E-state index is 10.2. The van der Waals surface area contributed by atoms with E-state index in [0.29, 0.717) is 26.1 Å². The Morgan fingerprint density at radius 2 is 2.42 bits per heavy atom. The third-order valence-electron chi connectivity index (χ3n) is 1.36. The molecule has 0 aliphatic heterocycles. The Labute approximate surface area is 72.0 Å². The number of carbonyl (C=O) groups is 1. The monoisotopic (exact) mass is 173 g/mol. The molecule has 0 aromatic heterocycles. The summed E-state index contributed by atoms with van der Waals surface area (Å²) in [6.07, 6.45) is 2.77. The van der Waals surface area contributed by atoms with Gasteiger partial charge < -0.3 is 15.6 Å². The minimum Gasteiger partial charge on any atom is -0.480 e. The molecule has 0 unspecified atom stereocenters. The third kappa shape index (κ3) is 5.88. The van der Waals surface area contributed by atoms with E-state index in [1.165, 1.54) is 0 Å². The van der Waals surface area contributed by atoms with Crippen molar-refractivity contribution in [3.8, 4) is 0 Å². The molecule has 0 saturated carbocycles. The molecular weight excluding hydrogens is 158 g/mol. The first-order chi connectivity index (χ1) is 5.68. The van der Waals surface area contributed by atoms with Crippen LogP contribution in [0.25, 0.3) is 0 Å². The molecule has 0 fully saturated rings. The summed E-state index contributed by atoms with van der Waals surface area (Å²) in [6.45, 7) is 4.51. The topological polar surface area (TPSA) is 72.5 Å². The van der Waals surface area contributed by atoms with Gasteiger partial charge in [0.25, 0.3) is 0 Å². The largest absolute Gasteiger partial charge is 0.480 e. The molecule has 0 bridgehead atoms. The van der Waals surface area contributed by atoms with Crippen LogP contribution in [-0.4, -0.2) is 30.3 Å². The van der Waals surface area contributed by atoms with Crippen LogP contribution < -0.4 is 5.73 Å². The fourth-order valence-corrected chi connectivity index (χ4v) is 0.695. The highest BCUT2D eigenvalue weighted by Crippen LogP contribution is 1.95. The second kappa shape index (κ2) is 6.82. The van der Waals surface area contributed by atoms with E-state index >= 15 is 0 Å². The zero-order valence-corrected chi connectivity index (χ0v) is 7.03. The van der Waals surface area contributed by atoms with Gasteiger partial charge in [0.05, 0.1) is 6.61 Å². The molecule has 0 aliphatic rings. The standard InChI is InChI=1S/C8H15NO3/c1-2-5-12-6-3-4-7(9)8(10)11/h2,7H,1,3-6,9H2,(H,10,11)/t7-/m0/s1. The van der Waals surface area contributed by atoms with Crippen molar-refractivity contribution in [2.45, 2.75) is 18.9 Å². The van der Waals surface area contributed by atoms with E-state index in [2.05, 4.69) is 6.58 Å². The minimum absolute atomic E-state index is 0.451. The van der Waals surface area contributed by atoms with Gasteiger partial charge in [0, 0.05) is 6.61 Å². The lowest BCUT2D eigenvalue weighted by Crippen LogP contribution is -2.30. The molecule has 70 valence electrons. The fourth-order valence-electron chi connectivity index (χ4n) is 0.695. The number of hydrogen-bond acceptors (Lipinski definition) is 3. The van der Waals surface area contributed by atoms with Crippen LogP contribution >= 0.6 is 0 Å². The highest BCUT2D eigenvalue weighted by atomic mass is 16.5. The first kappa shape index (κ1) is 11.1. The Kier molecular flexibility index (Phi) is 6.32. The van der Waals surface area contributed by atoms with Crippen molar-refractivity contribution in [2.75, 3.05) is 13.2 Å². The van der Waals surface area contributed by atoms with Crippen molar-refractivity contribution >= 4 is 5.97 Å². The molecule has 0 rings (SSSR count). The SMILES string of the molecule is C=CCOCCC[C@H](N)C(=O)O. The average Bonchev–Trinajstić information content (AvgIpc) is 2.03. The van der Waals surface area contributed by atoms with Crippen molar-refractivity contribution in [3.63, 3.8) is 0 Å². The fraction of sp³-hybridized carbons (Fsp3) is 0.625. The molecule has 12 heavy (non-hydrogen) atoms. The summed E-state index contributed by atoms with van der Waals surface area (Å²) in [5.74, 6) is -0.960. The first-order valence-electron chi connectivity index (χ1n) is 3.85. The van der Waals surface area contributed by atoms with Crippen LogP contribution in [0.15, 0.2) is 12.7 Å². The molecule has 0 saturated heterocycles. The number of rotatable bonds is 7. The second-order valence-corrected chi connectivity index (χ2v) is 2.45. The zero-order chi connectivity index (χ0) is 9.40. The Morgan fingerprint density at radius 1 is 1.75 bits per heavy atom. The van der Waals surface area contributed by atoms with Gasteiger partial charge in [0.15, 0.2) is 0 Å². The van der Waals surface area contributed by atoms with Gasteiger partial charge in [-0.25, -0.2) is 0 Å². The molecule has 0 heterocycles. The molecular formula is C8H15NO3. The van der Waals surface area contributed by atoms with Crippen molar-refractivity contribution in [1.29, 1.82) is 0 Å². The molecule has 3 N–H and O–H groups in total. The predicted molar refractivity (Wildman–Crippen MR) is 45.9 cm³/mol. The summed E-state index contributed by atoms with van der Waals surface area (Å²) in [6, 6.07) is -0.766. The lowest BCUT2D eigenvalue weighted by Gasteiger charge is -2.05. The molecule has 4 nitrogen and oxygen atoms in total. The molecule has 0 radical (unpaired) electrons. The van der Waals surface area contributed by atoms with Crippen molar-refractivity contribution < 1.29 is 14.6 Å². The Morgan fingerprint density at radius 3 is 2.92 bits per heavy atom.